The van der Waals surface area contributed by atoms with E-state index < -0.39 is 0 Å². The maximum Gasteiger partial charge on any atom is 0.292 e. The lowest BCUT2D eigenvalue weighted by atomic mass is 9.71. The highest BCUT2D eigenvalue weighted by molar-refractivity contribution is 5.93. The van der Waals surface area contributed by atoms with Crippen LogP contribution in [-0.4, -0.2) is 58.6 Å². The van der Waals surface area contributed by atoms with Crippen LogP contribution >= 0.6 is 0 Å². The number of likely N-dealkylation sites (tertiary alicyclic amines) is 2. The van der Waals surface area contributed by atoms with Crippen molar-refractivity contribution in [2.45, 2.75) is 64.1 Å². The van der Waals surface area contributed by atoms with Gasteiger partial charge in [-0.05, 0) is 43.5 Å². The molecular weight excluding hydrogens is 394 g/mol. The van der Waals surface area contributed by atoms with Gasteiger partial charge >= 0.3 is 0 Å². The smallest absolute Gasteiger partial charge is 0.292 e. The molecule has 164 valence electrons. The number of hydrogen-bond acceptors (Lipinski definition) is 5. The van der Waals surface area contributed by atoms with E-state index in [2.05, 4.69) is 17.0 Å². The first kappa shape index (κ1) is 20.1. The lowest BCUT2D eigenvalue weighted by Crippen LogP contribution is -2.55. The van der Waals surface area contributed by atoms with Gasteiger partial charge < -0.3 is 19.1 Å². The van der Waals surface area contributed by atoms with E-state index in [1.165, 1.54) is 0 Å². The van der Waals surface area contributed by atoms with E-state index in [1.54, 1.807) is 20.1 Å². The molecule has 2 amide bonds. The molecule has 31 heavy (non-hydrogen) atoms. The summed E-state index contributed by atoms with van der Waals surface area (Å²) in [6.07, 6.45) is 5.13. The van der Waals surface area contributed by atoms with Gasteiger partial charge in [0.15, 0.2) is 0 Å². The fourth-order valence-electron chi connectivity index (χ4n) is 6.28. The van der Waals surface area contributed by atoms with Crippen molar-refractivity contribution in [3.8, 4) is 17.0 Å². The lowest BCUT2D eigenvalue weighted by molar-refractivity contribution is -0.132. The molecule has 0 spiro atoms. The van der Waals surface area contributed by atoms with Crippen LogP contribution in [-0.2, 0) is 4.79 Å². The Hall–Kier alpha value is -2.83. The van der Waals surface area contributed by atoms with Crippen LogP contribution in [0, 0.1) is 5.41 Å². The number of benzene rings is 1. The van der Waals surface area contributed by atoms with Crippen LogP contribution in [0.15, 0.2) is 34.9 Å². The Bertz CT molecular complexity index is 1000. The number of aromatic nitrogens is 1. The number of nitrogens with zero attached hydrogens (tertiary/aromatic N) is 3. The van der Waals surface area contributed by atoms with Gasteiger partial charge in [0.25, 0.3) is 5.91 Å². The van der Waals surface area contributed by atoms with Crippen molar-refractivity contribution >= 4 is 11.8 Å². The van der Waals surface area contributed by atoms with Crippen LogP contribution in [0.1, 0.15) is 56.5 Å². The third-order valence-corrected chi connectivity index (χ3v) is 7.65. The first-order chi connectivity index (χ1) is 14.9. The Balaban J connectivity index is 1.44. The van der Waals surface area contributed by atoms with E-state index in [1.807, 2.05) is 29.2 Å². The minimum atomic E-state index is -0.126. The summed E-state index contributed by atoms with van der Waals surface area (Å²) in [5, 5.41) is 4.14. The van der Waals surface area contributed by atoms with Gasteiger partial charge in [-0.25, -0.2) is 0 Å². The predicted octanol–water partition coefficient (Wildman–Crippen LogP) is 3.74. The molecule has 1 saturated carbocycles. The molecule has 2 aromatic rings. The molecule has 7 heteroatoms. The normalized spacial score (nSPS) is 29.6. The third kappa shape index (κ3) is 3.13. The van der Waals surface area contributed by atoms with Crippen LogP contribution in [0.25, 0.3) is 11.3 Å². The monoisotopic (exact) mass is 423 g/mol. The molecule has 0 radical (unpaired) electrons. The van der Waals surface area contributed by atoms with Crippen molar-refractivity contribution < 1.29 is 18.8 Å². The average molecular weight is 424 g/mol. The van der Waals surface area contributed by atoms with Crippen LogP contribution < -0.4 is 4.74 Å². The number of ether oxygens (including phenoxy) is 1. The summed E-state index contributed by atoms with van der Waals surface area (Å²) in [5.41, 5.74) is 1.42. The van der Waals surface area contributed by atoms with Crippen LogP contribution in [0.4, 0.5) is 0 Å². The van der Waals surface area contributed by atoms with E-state index in [4.69, 9.17) is 9.26 Å². The molecule has 1 aromatic carbocycles. The molecule has 0 N–H and O–H groups in total. The average Bonchev–Trinajstić information content (AvgIpc) is 3.29. The number of amides is 2. The molecule has 7 nitrogen and oxygen atoms in total. The lowest BCUT2D eigenvalue weighted by Gasteiger charge is -2.46. The Morgan fingerprint density at radius 2 is 1.87 bits per heavy atom. The SMILES string of the molecule is COc1ccc(-c2cc(C(=O)N3C[C@@H]4C[C@@]5(C)[C@H](CCCC[C@@H]35)N4C(C)=O)on2)cc1. The summed E-state index contributed by atoms with van der Waals surface area (Å²) in [4.78, 5) is 30.1. The van der Waals surface area contributed by atoms with Crippen molar-refractivity contribution in [3.63, 3.8) is 0 Å². The van der Waals surface area contributed by atoms with Crippen LogP contribution in [0.3, 0.4) is 0 Å². The Morgan fingerprint density at radius 1 is 1.16 bits per heavy atom. The standard InChI is InChI=1S/C24H29N3O4/c1-15(28)27-17-13-24(2)21(6-4-5-7-22(24)27)26(14-17)23(29)20-12-19(25-31-20)16-8-10-18(30-3)11-9-16/h8-12,17,21-22H,4-7,13-14H2,1-3H3/t17-,21+,22-,24+/m0/s1. The Labute approximate surface area is 182 Å². The van der Waals surface area contributed by atoms with E-state index in [0.29, 0.717) is 12.2 Å². The fraction of sp³-hybridized carbons (Fsp3) is 0.542. The minimum absolute atomic E-state index is 0.0699. The van der Waals surface area contributed by atoms with E-state index in [9.17, 15) is 9.59 Å². The van der Waals surface area contributed by atoms with Crippen molar-refractivity contribution in [1.82, 2.24) is 15.0 Å². The van der Waals surface area contributed by atoms with Gasteiger partial charge in [-0.2, -0.15) is 0 Å². The molecule has 1 aliphatic carbocycles. The number of piperidine rings is 1. The zero-order valence-electron chi connectivity index (χ0n) is 18.3. The van der Waals surface area contributed by atoms with Gasteiger partial charge in [-0.1, -0.05) is 24.9 Å². The third-order valence-electron chi connectivity index (χ3n) is 7.65. The van der Waals surface area contributed by atoms with Gasteiger partial charge in [-0.3, -0.25) is 9.59 Å². The van der Waals surface area contributed by atoms with Crippen molar-refractivity contribution in [2.75, 3.05) is 13.7 Å². The van der Waals surface area contributed by atoms with Gasteiger partial charge in [0.1, 0.15) is 11.4 Å². The topological polar surface area (TPSA) is 75.9 Å². The summed E-state index contributed by atoms with van der Waals surface area (Å²) in [6.45, 7) is 4.49. The first-order valence-corrected chi connectivity index (χ1v) is 11.1. The zero-order chi connectivity index (χ0) is 21.8. The summed E-state index contributed by atoms with van der Waals surface area (Å²) in [5.74, 6) is 1.01. The quantitative estimate of drug-likeness (QED) is 0.752. The molecule has 0 unspecified atom stereocenters. The second-order valence-electron chi connectivity index (χ2n) is 9.37. The fourth-order valence-corrected chi connectivity index (χ4v) is 6.28. The second kappa shape index (κ2) is 7.39. The first-order valence-electron chi connectivity index (χ1n) is 11.1. The molecule has 3 fully saturated rings. The van der Waals surface area contributed by atoms with Crippen molar-refractivity contribution in [2.24, 2.45) is 5.41 Å². The molecule has 1 aromatic heterocycles. The maximum absolute atomic E-state index is 13.6. The number of rotatable bonds is 3. The molecule has 2 bridgehead atoms. The van der Waals surface area contributed by atoms with Gasteiger partial charge in [0, 0.05) is 42.6 Å². The summed E-state index contributed by atoms with van der Waals surface area (Å²) in [6, 6.07) is 9.64. The second-order valence-corrected chi connectivity index (χ2v) is 9.37. The Morgan fingerprint density at radius 3 is 2.55 bits per heavy atom. The minimum Gasteiger partial charge on any atom is -0.497 e. The number of carbonyl (C=O) groups is 2. The van der Waals surface area contributed by atoms with E-state index >= 15 is 0 Å². The summed E-state index contributed by atoms with van der Waals surface area (Å²) >= 11 is 0. The maximum atomic E-state index is 13.6. The van der Waals surface area contributed by atoms with Crippen molar-refractivity contribution in [1.29, 1.82) is 0 Å². The van der Waals surface area contributed by atoms with Crippen LogP contribution in [0.2, 0.25) is 0 Å². The summed E-state index contributed by atoms with van der Waals surface area (Å²) < 4.78 is 10.7. The molecule has 2 saturated heterocycles. The van der Waals surface area contributed by atoms with Gasteiger partial charge in [0.05, 0.1) is 13.2 Å². The largest absolute Gasteiger partial charge is 0.497 e. The molecular formula is C24H29N3O4. The number of fused-ring (bicyclic) bond motifs is 1. The molecule has 5 rings (SSSR count). The number of methoxy groups -OCH3 is 1. The molecule has 3 aliphatic rings. The summed E-state index contributed by atoms with van der Waals surface area (Å²) in [7, 11) is 1.62. The molecule has 2 aliphatic heterocycles. The van der Waals surface area contributed by atoms with Gasteiger partial charge in [-0.15, -0.1) is 0 Å². The van der Waals surface area contributed by atoms with E-state index in [0.717, 1.165) is 43.4 Å². The predicted molar refractivity (Wildman–Crippen MR) is 115 cm³/mol. The number of hydrogen-bond donors (Lipinski definition) is 0. The van der Waals surface area contributed by atoms with Crippen LogP contribution in [0.5, 0.6) is 5.75 Å². The van der Waals surface area contributed by atoms with Crippen molar-refractivity contribution in [3.05, 3.63) is 36.1 Å². The highest BCUT2D eigenvalue weighted by atomic mass is 16.5. The highest BCUT2D eigenvalue weighted by Crippen LogP contribution is 2.53. The molecule has 3 heterocycles. The number of carbonyl (C=O) groups excluding carboxylic acids is 2. The highest BCUT2D eigenvalue weighted by Gasteiger charge is 2.60. The molecule has 4 atom stereocenters. The van der Waals surface area contributed by atoms with Gasteiger partial charge in [0.2, 0.25) is 11.7 Å². The Kier molecular flexibility index (Phi) is 4.79. The van der Waals surface area contributed by atoms with E-state index in [-0.39, 0.29) is 41.1 Å². The zero-order valence-corrected chi connectivity index (χ0v) is 18.3.